The van der Waals surface area contributed by atoms with Crippen LogP contribution in [-0.4, -0.2) is 70.9 Å². The van der Waals surface area contributed by atoms with Crippen LogP contribution in [0.5, 0.6) is 0 Å². The zero-order valence-electron chi connectivity index (χ0n) is 13.3. The third kappa shape index (κ3) is 5.78. The van der Waals surface area contributed by atoms with Crippen molar-refractivity contribution < 1.29 is 18.4 Å². The second-order valence-electron chi connectivity index (χ2n) is 5.94. The number of likely N-dealkylation sites (N-methyl/N-ethyl adjacent to an activating group) is 2. The molecule has 0 aromatic rings. The molecule has 0 saturated carbocycles. The topological polar surface area (TPSA) is 59.1 Å². The number of halogens is 1. The van der Waals surface area contributed by atoms with Gasteiger partial charge in [-0.25, -0.2) is 0 Å². The van der Waals surface area contributed by atoms with Gasteiger partial charge in [0.1, 0.15) is 13.2 Å². The predicted molar refractivity (Wildman–Crippen MR) is 80.6 cm³/mol. The summed E-state index contributed by atoms with van der Waals surface area (Å²) in [6.07, 6.45) is 0. The summed E-state index contributed by atoms with van der Waals surface area (Å²) >= 11 is 6.47. The summed E-state index contributed by atoms with van der Waals surface area (Å²) in [6, 6.07) is 0. The number of hydrogen-bond donors (Lipinski definition) is 0. The molecular formula is C12H25ClN2O4Si. The molecule has 0 spiro atoms. The first-order valence-corrected chi connectivity index (χ1v) is 9.10. The first kappa shape index (κ1) is 19.4. The highest BCUT2D eigenvalue weighted by molar-refractivity contribution is 7.14. The Labute approximate surface area is 126 Å². The van der Waals surface area contributed by atoms with E-state index in [4.69, 9.17) is 19.9 Å². The molecule has 0 saturated heterocycles. The van der Waals surface area contributed by atoms with Crippen LogP contribution < -0.4 is 0 Å². The van der Waals surface area contributed by atoms with Crippen LogP contribution in [0.25, 0.3) is 0 Å². The predicted octanol–water partition coefficient (Wildman–Crippen LogP) is 1.17. The van der Waals surface area contributed by atoms with Gasteiger partial charge in [-0.15, -0.1) is 0 Å². The number of nitrogens with zero attached hydrogens (tertiary/aromatic N) is 2. The SMILES string of the molecule is CN(C)C(=O)CO[Si](Cl)(OCC(=O)N(C)C)C(C)(C)C. The summed E-state index contributed by atoms with van der Waals surface area (Å²) in [7, 11) is 3.35. The highest BCUT2D eigenvalue weighted by Gasteiger charge is 2.49. The summed E-state index contributed by atoms with van der Waals surface area (Å²) in [5.41, 5.74) is 0. The average Bonchev–Trinajstić information content (AvgIpc) is 2.30. The Bertz CT molecular complexity index is 332. The molecule has 6 nitrogen and oxygen atoms in total. The first-order valence-electron chi connectivity index (χ1n) is 6.28. The van der Waals surface area contributed by atoms with Crippen LogP contribution in [0.2, 0.25) is 5.04 Å². The Balaban J connectivity index is 4.77. The van der Waals surface area contributed by atoms with Gasteiger partial charge in [-0.2, -0.15) is 0 Å². The lowest BCUT2D eigenvalue weighted by molar-refractivity contribution is -0.132. The molecule has 0 atom stereocenters. The molecule has 2 amide bonds. The quantitative estimate of drug-likeness (QED) is 0.543. The van der Waals surface area contributed by atoms with E-state index in [9.17, 15) is 9.59 Å². The Morgan fingerprint density at radius 3 is 1.45 bits per heavy atom. The van der Waals surface area contributed by atoms with Crippen LogP contribution in [-0.2, 0) is 18.4 Å². The molecule has 8 heteroatoms. The summed E-state index contributed by atoms with van der Waals surface area (Å²) in [5.74, 6) is -0.399. The fraction of sp³-hybridized carbons (Fsp3) is 0.833. The zero-order valence-corrected chi connectivity index (χ0v) is 15.1. The Hall–Kier alpha value is -0.633. The van der Waals surface area contributed by atoms with E-state index >= 15 is 0 Å². The Kier molecular flexibility index (Phi) is 7.16. The fourth-order valence-corrected chi connectivity index (χ4v) is 2.94. The van der Waals surface area contributed by atoms with Crippen LogP contribution in [0.1, 0.15) is 20.8 Å². The first-order chi connectivity index (χ1) is 8.90. The van der Waals surface area contributed by atoms with Gasteiger partial charge in [0, 0.05) is 33.2 Å². The number of hydrogen-bond acceptors (Lipinski definition) is 4. The minimum atomic E-state index is -3.19. The summed E-state index contributed by atoms with van der Waals surface area (Å²) in [4.78, 5) is 26.0. The van der Waals surface area contributed by atoms with Crippen molar-refractivity contribution in [3.63, 3.8) is 0 Å². The molecule has 20 heavy (non-hydrogen) atoms. The van der Waals surface area contributed by atoms with Crippen molar-refractivity contribution in [1.29, 1.82) is 0 Å². The van der Waals surface area contributed by atoms with Gasteiger partial charge in [-0.3, -0.25) is 9.59 Å². The summed E-state index contributed by atoms with van der Waals surface area (Å²) < 4.78 is 11.1. The molecule has 0 aliphatic carbocycles. The van der Waals surface area contributed by atoms with E-state index in [1.165, 1.54) is 9.80 Å². The lowest BCUT2D eigenvalue weighted by Gasteiger charge is -2.35. The highest BCUT2D eigenvalue weighted by atomic mass is 35.6. The van der Waals surface area contributed by atoms with Crippen LogP contribution in [0, 0.1) is 0 Å². The third-order valence-electron chi connectivity index (χ3n) is 2.66. The summed E-state index contributed by atoms with van der Waals surface area (Å²) in [6.45, 7) is 5.29. The number of carbonyl (C=O) groups excluding carboxylic acids is 2. The van der Waals surface area contributed by atoms with Gasteiger partial charge in [-0.1, -0.05) is 31.9 Å². The van der Waals surface area contributed by atoms with Crippen LogP contribution in [0.3, 0.4) is 0 Å². The van der Waals surface area contributed by atoms with Gasteiger partial charge in [0.05, 0.1) is 0 Å². The number of carbonyl (C=O) groups is 2. The highest BCUT2D eigenvalue weighted by Crippen LogP contribution is 2.40. The van der Waals surface area contributed by atoms with Crippen molar-refractivity contribution in [3.8, 4) is 0 Å². The maximum absolute atomic E-state index is 11.6. The molecule has 0 N–H and O–H groups in total. The van der Waals surface area contributed by atoms with Gasteiger partial charge in [0.15, 0.2) is 0 Å². The van der Waals surface area contributed by atoms with Crippen molar-refractivity contribution in [2.75, 3.05) is 41.4 Å². The van der Waals surface area contributed by atoms with E-state index in [-0.39, 0.29) is 25.0 Å². The van der Waals surface area contributed by atoms with E-state index in [1.54, 1.807) is 28.2 Å². The second-order valence-corrected chi connectivity index (χ2v) is 10.6. The normalized spacial score (nSPS) is 12.2. The molecule has 0 rings (SSSR count). The molecule has 0 heterocycles. The minimum Gasteiger partial charge on any atom is -0.373 e. The fourth-order valence-electron chi connectivity index (χ4n) is 1.04. The third-order valence-corrected chi connectivity index (χ3v) is 7.83. The van der Waals surface area contributed by atoms with E-state index in [1.807, 2.05) is 20.8 Å². The summed E-state index contributed by atoms with van der Waals surface area (Å²) in [5, 5.41) is -0.478. The van der Waals surface area contributed by atoms with Crippen LogP contribution in [0.4, 0.5) is 0 Å². The number of rotatable bonds is 6. The molecule has 118 valence electrons. The monoisotopic (exact) mass is 324 g/mol. The molecule has 0 aromatic heterocycles. The largest absolute Gasteiger partial charge is 0.449 e. The smallest absolute Gasteiger partial charge is 0.373 e. The zero-order chi connectivity index (χ0) is 16.1. The molecule has 0 aromatic carbocycles. The molecular weight excluding hydrogens is 300 g/mol. The van der Waals surface area contributed by atoms with E-state index < -0.39 is 12.9 Å². The Morgan fingerprint density at radius 2 is 1.25 bits per heavy atom. The Morgan fingerprint density at radius 1 is 0.950 bits per heavy atom. The van der Waals surface area contributed by atoms with Crippen molar-refractivity contribution >= 4 is 30.8 Å². The van der Waals surface area contributed by atoms with E-state index in [2.05, 4.69) is 0 Å². The molecule has 0 unspecified atom stereocenters. The molecule has 0 fully saturated rings. The lowest BCUT2D eigenvalue weighted by atomic mass is 10.3. The van der Waals surface area contributed by atoms with E-state index in [0.717, 1.165) is 0 Å². The maximum atomic E-state index is 11.6. The van der Waals surface area contributed by atoms with Crippen molar-refractivity contribution in [2.45, 2.75) is 25.8 Å². The van der Waals surface area contributed by atoms with Crippen LogP contribution >= 0.6 is 11.1 Å². The van der Waals surface area contributed by atoms with Gasteiger partial charge in [-0.05, 0) is 0 Å². The van der Waals surface area contributed by atoms with Crippen molar-refractivity contribution in [2.24, 2.45) is 0 Å². The maximum Gasteiger partial charge on any atom is 0.449 e. The molecule has 0 aliphatic rings. The average molecular weight is 325 g/mol. The van der Waals surface area contributed by atoms with Gasteiger partial charge in [0.2, 0.25) is 11.8 Å². The minimum absolute atomic E-state index is 0.157. The standard InChI is InChI=1S/C12H25ClN2O4Si/c1-12(2,3)20(13,18-8-10(16)14(4)5)19-9-11(17)15(6)7/h8-9H2,1-7H3. The molecule has 0 aliphatic heterocycles. The van der Waals surface area contributed by atoms with E-state index in [0.29, 0.717) is 0 Å². The van der Waals surface area contributed by atoms with Gasteiger partial charge >= 0.3 is 7.87 Å². The van der Waals surface area contributed by atoms with Crippen molar-refractivity contribution in [3.05, 3.63) is 0 Å². The van der Waals surface area contributed by atoms with Gasteiger partial charge in [0.25, 0.3) is 0 Å². The molecule has 0 bridgehead atoms. The molecule has 0 radical (unpaired) electrons. The van der Waals surface area contributed by atoms with Crippen LogP contribution in [0.15, 0.2) is 0 Å². The number of amides is 2. The lowest BCUT2D eigenvalue weighted by Crippen LogP contribution is -2.49. The van der Waals surface area contributed by atoms with Crippen molar-refractivity contribution in [1.82, 2.24) is 9.80 Å². The second kappa shape index (κ2) is 7.40. The van der Waals surface area contributed by atoms with Gasteiger partial charge < -0.3 is 18.7 Å².